The van der Waals surface area contributed by atoms with Crippen LogP contribution in [0.4, 0.5) is 0 Å². The number of ether oxygens (including phenoxy) is 1. The molecule has 0 bridgehead atoms. The molecule has 0 fully saturated rings. The standard InChI is InChI=1S/C8H10BN3O3/c1-15-7-2-3-8(9(13)14)6(4-7)5-11-12-10/h2-4,13-14H,5H2,1H3. The van der Waals surface area contributed by atoms with Crippen LogP contribution in [0, 0.1) is 0 Å². The van der Waals surface area contributed by atoms with Crippen LogP contribution in [0.5, 0.6) is 5.75 Å². The first-order chi connectivity index (χ1) is 7.19. The lowest BCUT2D eigenvalue weighted by atomic mass is 9.77. The molecule has 0 aliphatic rings. The van der Waals surface area contributed by atoms with Gasteiger partial charge in [-0.15, -0.1) is 0 Å². The van der Waals surface area contributed by atoms with Gasteiger partial charge in [-0.25, -0.2) is 0 Å². The third kappa shape index (κ3) is 2.88. The molecular weight excluding hydrogens is 197 g/mol. The van der Waals surface area contributed by atoms with Crippen LogP contribution < -0.4 is 10.2 Å². The van der Waals surface area contributed by atoms with Crippen LogP contribution in [-0.4, -0.2) is 24.3 Å². The van der Waals surface area contributed by atoms with Crippen molar-refractivity contribution >= 4 is 12.6 Å². The van der Waals surface area contributed by atoms with Crippen molar-refractivity contribution in [1.29, 1.82) is 0 Å². The second-order valence-corrected chi connectivity index (χ2v) is 2.83. The van der Waals surface area contributed by atoms with Crippen LogP contribution in [-0.2, 0) is 6.54 Å². The molecular formula is C8H10BN3O3. The summed E-state index contributed by atoms with van der Waals surface area (Å²) in [5.74, 6) is 0.572. The molecule has 0 heterocycles. The lowest BCUT2D eigenvalue weighted by Gasteiger charge is -2.08. The highest BCUT2D eigenvalue weighted by Gasteiger charge is 2.15. The van der Waals surface area contributed by atoms with E-state index in [1.54, 1.807) is 12.1 Å². The minimum absolute atomic E-state index is 0.0562. The SMILES string of the molecule is COc1ccc(B(O)O)c(CN=[N+]=[N-])c1. The van der Waals surface area contributed by atoms with Gasteiger partial charge in [0.25, 0.3) is 0 Å². The van der Waals surface area contributed by atoms with Gasteiger partial charge in [0.2, 0.25) is 0 Å². The largest absolute Gasteiger partial charge is 0.497 e. The number of azide groups is 1. The summed E-state index contributed by atoms with van der Waals surface area (Å²) < 4.78 is 4.97. The first-order valence-corrected chi connectivity index (χ1v) is 4.23. The van der Waals surface area contributed by atoms with Crippen molar-refractivity contribution in [2.24, 2.45) is 5.11 Å². The van der Waals surface area contributed by atoms with Crippen molar-refractivity contribution in [3.05, 3.63) is 34.2 Å². The van der Waals surface area contributed by atoms with E-state index in [1.807, 2.05) is 0 Å². The molecule has 0 saturated carbocycles. The molecule has 0 spiro atoms. The summed E-state index contributed by atoms with van der Waals surface area (Å²) in [6.45, 7) is 0.0562. The summed E-state index contributed by atoms with van der Waals surface area (Å²) in [5, 5.41) is 21.5. The molecule has 0 aliphatic carbocycles. The third-order valence-electron chi connectivity index (χ3n) is 1.93. The van der Waals surface area contributed by atoms with E-state index in [4.69, 9.17) is 20.3 Å². The predicted molar refractivity (Wildman–Crippen MR) is 55.7 cm³/mol. The zero-order valence-electron chi connectivity index (χ0n) is 8.16. The van der Waals surface area contributed by atoms with Gasteiger partial charge in [0.05, 0.1) is 13.7 Å². The van der Waals surface area contributed by atoms with Crippen molar-refractivity contribution in [2.45, 2.75) is 6.54 Å². The molecule has 0 saturated heterocycles. The quantitative estimate of drug-likeness (QED) is 0.319. The lowest BCUT2D eigenvalue weighted by molar-refractivity contribution is 0.413. The molecule has 2 N–H and O–H groups in total. The number of benzene rings is 1. The minimum Gasteiger partial charge on any atom is -0.497 e. The van der Waals surface area contributed by atoms with Gasteiger partial charge in [0, 0.05) is 4.91 Å². The molecule has 7 heteroatoms. The molecule has 1 aromatic carbocycles. The Morgan fingerprint density at radius 2 is 2.27 bits per heavy atom. The highest BCUT2D eigenvalue weighted by atomic mass is 16.5. The fraction of sp³-hybridized carbons (Fsp3) is 0.250. The first kappa shape index (κ1) is 11.4. The number of nitrogens with zero attached hydrogens (tertiary/aromatic N) is 3. The normalized spacial score (nSPS) is 9.27. The van der Waals surface area contributed by atoms with Gasteiger partial charge in [0.1, 0.15) is 5.75 Å². The first-order valence-electron chi connectivity index (χ1n) is 4.23. The Balaban J connectivity index is 3.09. The van der Waals surface area contributed by atoms with Crippen molar-refractivity contribution in [2.75, 3.05) is 7.11 Å². The lowest BCUT2D eigenvalue weighted by Crippen LogP contribution is -2.32. The monoisotopic (exact) mass is 207 g/mol. The van der Waals surface area contributed by atoms with Crippen molar-refractivity contribution in [3.63, 3.8) is 0 Å². The van der Waals surface area contributed by atoms with Crippen LogP contribution in [0.25, 0.3) is 10.4 Å². The molecule has 78 valence electrons. The average Bonchev–Trinajstić information content (AvgIpc) is 2.25. The molecule has 15 heavy (non-hydrogen) atoms. The molecule has 0 aromatic heterocycles. The Hall–Kier alpha value is -1.69. The molecule has 0 atom stereocenters. The van der Waals surface area contributed by atoms with Gasteiger partial charge < -0.3 is 14.8 Å². The summed E-state index contributed by atoms with van der Waals surface area (Å²) in [6, 6.07) is 4.73. The highest BCUT2D eigenvalue weighted by molar-refractivity contribution is 6.59. The zero-order chi connectivity index (χ0) is 11.3. The Labute approximate surface area is 86.9 Å². The van der Waals surface area contributed by atoms with E-state index in [1.165, 1.54) is 13.2 Å². The summed E-state index contributed by atoms with van der Waals surface area (Å²) >= 11 is 0. The van der Waals surface area contributed by atoms with Crippen molar-refractivity contribution in [1.82, 2.24) is 0 Å². The van der Waals surface area contributed by atoms with Gasteiger partial charge in [-0.1, -0.05) is 11.2 Å². The maximum atomic E-state index is 9.05. The average molecular weight is 207 g/mol. The third-order valence-corrected chi connectivity index (χ3v) is 1.93. The smallest absolute Gasteiger partial charge is 0.488 e. The van der Waals surface area contributed by atoms with Gasteiger partial charge in [-0.3, -0.25) is 0 Å². The summed E-state index contributed by atoms with van der Waals surface area (Å²) in [6.07, 6.45) is 0. The van der Waals surface area contributed by atoms with Gasteiger partial charge in [-0.2, -0.15) is 0 Å². The number of rotatable bonds is 4. The molecule has 0 radical (unpaired) electrons. The Morgan fingerprint density at radius 3 is 2.80 bits per heavy atom. The maximum absolute atomic E-state index is 9.05. The van der Waals surface area contributed by atoms with E-state index >= 15 is 0 Å². The summed E-state index contributed by atoms with van der Waals surface area (Å²) in [4.78, 5) is 2.61. The number of hydrogen-bond acceptors (Lipinski definition) is 4. The highest BCUT2D eigenvalue weighted by Crippen LogP contribution is 2.12. The minimum atomic E-state index is -1.58. The van der Waals surface area contributed by atoms with E-state index in [0.29, 0.717) is 16.8 Å². The van der Waals surface area contributed by atoms with Gasteiger partial charge in [-0.05, 0) is 28.7 Å². The topological polar surface area (TPSA) is 98.5 Å². The fourth-order valence-corrected chi connectivity index (χ4v) is 1.21. The van der Waals surface area contributed by atoms with E-state index in [0.717, 1.165) is 0 Å². The van der Waals surface area contributed by atoms with Crippen molar-refractivity contribution in [3.8, 4) is 5.75 Å². The van der Waals surface area contributed by atoms with Crippen LogP contribution >= 0.6 is 0 Å². The summed E-state index contributed by atoms with van der Waals surface area (Å²) in [5.41, 5.74) is 9.02. The van der Waals surface area contributed by atoms with E-state index in [2.05, 4.69) is 10.0 Å². The molecule has 1 aromatic rings. The van der Waals surface area contributed by atoms with Crippen LogP contribution in [0.1, 0.15) is 5.56 Å². The predicted octanol–water partition coefficient (Wildman–Crippen LogP) is 0.185. The van der Waals surface area contributed by atoms with Crippen LogP contribution in [0.3, 0.4) is 0 Å². The Kier molecular flexibility index (Phi) is 3.99. The second kappa shape index (κ2) is 5.26. The molecule has 0 aliphatic heterocycles. The van der Waals surface area contributed by atoms with E-state index in [-0.39, 0.29) is 6.54 Å². The Bertz CT molecular complexity index is 391. The van der Waals surface area contributed by atoms with Gasteiger partial charge in [0.15, 0.2) is 0 Å². The van der Waals surface area contributed by atoms with Gasteiger partial charge >= 0.3 is 7.12 Å². The molecule has 0 amide bonds. The summed E-state index contributed by atoms with van der Waals surface area (Å²) in [7, 11) is -0.0818. The molecule has 6 nitrogen and oxygen atoms in total. The molecule has 0 unspecified atom stereocenters. The maximum Gasteiger partial charge on any atom is 0.488 e. The van der Waals surface area contributed by atoms with E-state index in [9.17, 15) is 0 Å². The van der Waals surface area contributed by atoms with Crippen molar-refractivity contribution < 1.29 is 14.8 Å². The molecule has 1 rings (SSSR count). The van der Waals surface area contributed by atoms with Crippen LogP contribution in [0.2, 0.25) is 0 Å². The van der Waals surface area contributed by atoms with E-state index < -0.39 is 7.12 Å². The second-order valence-electron chi connectivity index (χ2n) is 2.83. The fourth-order valence-electron chi connectivity index (χ4n) is 1.21. The Morgan fingerprint density at radius 1 is 1.53 bits per heavy atom. The number of hydrogen-bond donors (Lipinski definition) is 2. The number of methoxy groups -OCH3 is 1. The zero-order valence-corrected chi connectivity index (χ0v) is 8.16. The van der Waals surface area contributed by atoms with Crippen LogP contribution in [0.15, 0.2) is 23.3 Å².